The van der Waals surface area contributed by atoms with Crippen molar-refractivity contribution >= 4 is 28.4 Å². The molecule has 1 aliphatic heterocycles. The van der Waals surface area contributed by atoms with E-state index in [1.165, 1.54) is 6.42 Å². The van der Waals surface area contributed by atoms with Gasteiger partial charge >= 0.3 is 0 Å². The van der Waals surface area contributed by atoms with Gasteiger partial charge in [-0.05, 0) is 49.8 Å². The van der Waals surface area contributed by atoms with Gasteiger partial charge in [-0.1, -0.05) is 0 Å². The molecule has 0 unspecified atom stereocenters. The van der Waals surface area contributed by atoms with Crippen LogP contribution < -0.4 is 10.6 Å². The highest BCUT2D eigenvalue weighted by atomic mass is 16.5. The molecule has 6 rings (SSSR count). The molecular formula is C23H25N7O2. The lowest BCUT2D eigenvalue weighted by atomic mass is 9.77. The van der Waals surface area contributed by atoms with E-state index in [4.69, 9.17) is 9.72 Å². The number of hydrogen-bond donors (Lipinski definition) is 3. The van der Waals surface area contributed by atoms with Crippen LogP contribution >= 0.6 is 0 Å². The maximum atomic E-state index is 12.2. The number of carbonyl (C=O) groups is 1. The smallest absolute Gasteiger partial charge is 0.254 e. The molecule has 1 saturated carbocycles. The number of fused-ring (bicyclic) bond motifs is 2. The summed E-state index contributed by atoms with van der Waals surface area (Å²) in [6, 6.07) is 4.32. The quantitative estimate of drug-likeness (QED) is 0.458. The zero-order valence-electron chi connectivity index (χ0n) is 17.9. The molecule has 3 N–H and O–H groups in total. The van der Waals surface area contributed by atoms with Crippen LogP contribution in [0.4, 0.5) is 5.95 Å². The van der Waals surface area contributed by atoms with Crippen molar-refractivity contribution in [2.75, 3.05) is 19.0 Å². The van der Waals surface area contributed by atoms with E-state index in [9.17, 15) is 4.79 Å². The molecule has 1 aliphatic carbocycles. The summed E-state index contributed by atoms with van der Waals surface area (Å²) >= 11 is 0. The molecule has 4 aromatic rings. The van der Waals surface area contributed by atoms with Gasteiger partial charge in [0.25, 0.3) is 5.91 Å². The number of rotatable bonds is 4. The first-order valence-corrected chi connectivity index (χ1v) is 11.1. The van der Waals surface area contributed by atoms with Gasteiger partial charge in [-0.2, -0.15) is 10.1 Å². The molecule has 2 aliphatic rings. The highest BCUT2D eigenvalue weighted by Crippen LogP contribution is 2.41. The van der Waals surface area contributed by atoms with Crippen molar-refractivity contribution in [3.63, 3.8) is 0 Å². The molecule has 32 heavy (non-hydrogen) atoms. The first-order valence-electron chi connectivity index (χ1n) is 11.1. The van der Waals surface area contributed by atoms with Crippen LogP contribution in [0, 0.1) is 0 Å². The predicted molar refractivity (Wildman–Crippen MR) is 121 cm³/mol. The number of amides is 1. The number of anilines is 1. The Balaban J connectivity index is 1.26. The lowest BCUT2D eigenvalue weighted by Crippen LogP contribution is -2.48. The fourth-order valence-electron chi connectivity index (χ4n) is 4.93. The molecule has 0 radical (unpaired) electrons. The largest absolute Gasteiger partial charge is 0.375 e. The Morgan fingerprint density at radius 3 is 2.88 bits per heavy atom. The van der Waals surface area contributed by atoms with Gasteiger partial charge in [-0.25, -0.2) is 9.50 Å². The maximum Gasteiger partial charge on any atom is 0.254 e. The van der Waals surface area contributed by atoms with Crippen LogP contribution in [-0.4, -0.2) is 55.8 Å². The van der Waals surface area contributed by atoms with Gasteiger partial charge in [0.1, 0.15) is 5.65 Å². The van der Waals surface area contributed by atoms with Crippen LogP contribution in [0.25, 0.3) is 27.7 Å². The Hall–Kier alpha value is -3.46. The molecule has 1 amide bonds. The molecule has 164 valence electrons. The summed E-state index contributed by atoms with van der Waals surface area (Å²) in [7, 11) is 1.62. The van der Waals surface area contributed by atoms with Gasteiger partial charge < -0.3 is 20.4 Å². The molecule has 2 fully saturated rings. The highest BCUT2D eigenvalue weighted by molar-refractivity contribution is 6.02. The van der Waals surface area contributed by atoms with Gasteiger partial charge in [0.15, 0.2) is 0 Å². The summed E-state index contributed by atoms with van der Waals surface area (Å²) in [5.74, 6) is 0.488. The number of nitrogens with one attached hydrogen (secondary N) is 3. The number of H-pyrrole nitrogens is 1. The third-order valence-corrected chi connectivity index (χ3v) is 6.93. The van der Waals surface area contributed by atoms with E-state index in [0.29, 0.717) is 17.6 Å². The minimum atomic E-state index is -0.160. The Morgan fingerprint density at radius 1 is 1.28 bits per heavy atom. The first-order chi connectivity index (χ1) is 15.6. The number of aromatic amines is 1. The van der Waals surface area contributed by atoms with Gasteiger partial charge in [0.2, 0.25) is 5.95 Å². The minimum Gasteiger partial charge on any atom is -0.375 e. The van der Waals surface area contributed by atoms with E-state index in [-0.39, 0.29) is 11.5 Å². The van der Waals surface area contributed by atoms with E-state index < -0.39 is 0 Å². The van der Waals surface area contributed by atoms with E-state index in [1.807, 2.05) is 30.7 Å². The number of carbonyl (C=O) groups excluding carboxylic acids is 1. The van der Waals surface area contributed by atoms with Crippen molar-refractivity contribution in [3.05, 3.63) is 42.5 Å². The third-order valence-electron chi connectivity index (χ3n) is 6.93. The number of hydrogen-bond acceptors (Lipinski definition) is 6. The molecule has 1 spiro atoms. The summed E-state index contributed by atoms with van der Waals surface area (Å²) in [5, 5.41) is 11.4. The standard InChI is InChI=1S/C23H25N7O2/c1-24-21(31)18-13-27-30-8-4-14(10-19(18)30)16-11-25-20-17(16)12-26-22(29-20)28-15-2-5-23(6-3-15)7-9-32-23/h4,8,10-13,15H,2-3,5-7,9H2,1H3,(H,24,31)(H2,25,26,28,29)/t15-,23-. The SMILES string of the molecule is CNC(=O)c1cnn2ccc(-c3c[nH]c4nc(N[C@H]5CC[C@@]6(CCO6)CC5)ncc34)cc12. The number of aromatic nitrogens is 5. The van der Waals surface area contributed by atoms with Gasteiger partial charge in [-0.15, -0.1) is 0 Å². The molecule has 9 nitrogen and oxygen atoms in total. The number of pyridine rings is 1. The number of nitrogens with zero attached hydrogens (tertiary/aromatic N) is 4. The van der Waals surface area contributed by atoms with Crippen LogP contribution in [0.3, 0.4) is 0 Å². The maximum absolute atomic E-state index is 12.2. The van der Waals surface area contributed by atoms with Gasteiger partial charge in [0.05, 0.1) is 29.5 Å². The first kappa shape index (κ1) is 19.2. The van der Waals surface area contributed by atoms with E-state index in [2.05, 4.69) is 25.7 Å². The van der Waals surface area contributed by atoms with Gasteiger partial charge in [-0.3, -0.25) is 4.79 Å². The summed E-state index contributed by atoms with van der Waals surface area (Å²) in [4.78, 5) is 24.7. The lowest BCUT2D eigenvalue weighted by Gasteiger charge is -2.46. The minimum absolute atomic E-state index is 0.158. The summed E-state index contributed by atoms with van der Waals surface area (Å²) in [6.07, 6.45) is 12.8. The second-order valence-corrected chi connectivity index (χ2v) is 8.74. The van der Waals surface area contributed by atoms with Gasteiger partial charge in [0, 0.05) is 42.6 Å². The summed E-state index contributed by atoms with van der Waals surface area (Å²) in [6.45, 7) is 0.911. The van der Waals surface area contributed by atoms with Crippen LogP contribution in [0.5, 0.6) is 0 Å². The van der Waals surface area contributed by atoms with E-state index in [1.54, 1.807) is 17.8 Å². The van der Waals surface area contributed by atoms with Crippen LogP contribution in [0.2, 0.25) is 0 Å². The van der Waals surface area contributed by atoms with Crippen molar-refractivity contribution in [2.45, 2.75) is 43.7 Å². The van der Waals surface area contributed by atoms with Crippen molar-refractivity contribution in [3.8, 4) is 11.1 Å². The van der Waals surface area contributed by atoms with Crippen LogP contribution in [0.1, 0.15) is 42.5 Å². The Morgan fingerprint density at radius 2 is 2.12 bits per heavy atom. The van der Waals surface area contributed by atoms with Crippen molar-refractivity contribution in [1.82, 2.24) is 29.9 Å². The number of ether oxygens (including phenoxy) is 1. The van der Waals surface area contributed by atoms with E-state index >= 15 is 0 Å². The lowest BCUT2D eigenvalue weighted by molar-refractivity contribution is -0.165. The Labute approximate surface area is 184 Å². The topological polar surface area (TPSA) is 109 Å². The fraction of sp³-hybridized carbons (Fsp3) is 0.391. The molecule has 9 heteroatoms. The summed E-state index contributed by atoms with van der Waals surface area (Å²) in [5.41, 5.74) is 4.19. The third kappa shape index (κ3) is 3.12. The van der Waals surface area contributed by atoms with E-state index in [0.717, 1.165) is 60.0 Å². The van der Waals surface area contributed by atoms with Crippen molar-refractivity contribution in [2.24, 2.45) is 0 Å². The van der Waals surface area contributed by atoms with Crippen LogP contribution in [-0.2, 0) is 4.74 Å². The fourth-order valence-corrected chi connectivity index (χ4v) is 4.93. The van der Waals surface area contributed by atoms with Crippen molar-refractivity contribution < 1.29 is 9.53 Å². The average molecular weight is 432 g/mol. The highest BCUT2D eigenvalue weighted by Gasteiger charge is 2.41. The second kappa shape index (κ2) is 7.30. The predicted octanol–water partition coefficient (Wildman–Crippen LogP) is 3.15. The monoisotopic (exact) mass is 431 g/mol. The zero-order chi connectivity index (χ0) is 21.7. The normalized spacial score (nSPS) is 22.8. The van der Waals surface area contributed by atoms with Crippen molar-refractivity contribution in [1.29, 1.82) is 0 Å². The Bertz CT molecular complexity index is 1310. The molecule has 1 saturated heterocycles. The molecule has 4 aromatic heterocycles. The molecule has 0 aromatic carbocycles. The zero-order valence-corrected chi connectivity index (χ0v) is 17.9. The average Bonchev–Trinajstić information content (AvgIpc) is 3.41. The Kier molecular flexibility index (Phi) is 4.39. The second-order valence-electron chi connectivity index (χ2n) is 8.74. The van der Waals surface area contributed by atoms with Crippen LogP contribution in [0.15, 0.2) is 36.9 Å². The molecule has 5 heterocycles. The molecule has 0 bridgehead atoms. The summed E-state index contributed by atoms with van der Waals surface area (Å²) < 4.78 is 7.52. The molecule has 0 atom stereocenters. The molecular weight excluding hydrogens is 406 g/mol.